The minimum absolute atomic E-state index is 0.445. The number of benzene rings is 2. The molecule has 0 saturated carbocycles. The van der Waals surface area contributed by atoms with Crippen molar-refractivity contribution in [1.82, 2.24) is 15.5 Å². The minimum atomic E-state index is 0.445. The van der Waals surface area contributed by atoms with E-state index in [-0.39, 0.29) is 0 Å². The number of nitrogens with one attached hydrogen (secondary N) is 2. The lowest BCUT2D eigenvalue weighted by Gasteiger charge is -2.22. The third-order valence-electron chi connectivity index (χ3n) is 5.24. The monoisotopic (exact) mass is 338 g/mol. The van der Waals surface area contributed by atoms with Crippen LogP contribution in [-0.2, 0) is 6.54 Å². The zero-order chi connectivity index (χ0) is 17.8. The van der Waals surface area contributed by atoms with E-state index in [1.165, 1.54) is 16.3 Å². The van der Waals surface area contributed by atoms with Gasteiger partial charge in [-0.25, -0.2) is 0 Å². The molecular formula is C21H30N4. The van der Waals surface area contributed by atoms with Gasteiger partial charge in [-0.2, -0.15) is 0 Å². The summed E-state index contributed by atoms with van der Waals surface area (Å²) in [6, 6.07) is 16.0. The van der Waals surface area contributed by atoms with Crippen molar-refractivity contribution in [1.29, 1.82) is 0 Å². The van der Waals surface area contributed by atoms with E-state index in [1.807, 2.05) is 7.05 Å². The van der Waals surface area contributed by atoms with Gasteiger partial charge in [0.2, 0.25) is 0 Å². The van der Waals surface area contributed by atoms with E-state index in [4.69, 9.17) is 0 Å². The number of nitrogens with zero attached hydrogens (tertiary/aromatic N) is 2. The van der Waals surface area contributed by atoms with E-state index in [2.05, 4.69) is 83.8 Å². The van der Waals surface area contributed by atoms with Crippen LogP contribution in [0.3, 0.4) is 0 Å². The molecule has 1 fully saturated rings. The van der Waals surface area contributed by atoms with Crippen molar-refractivity contribution in [3.63, 3.8) is 0 Å². The van der Waals surface area contributed by atoms with Crippen LogP contribution < -0.4 is 10.6 Å². The highest BCUT2D eigenvalue weighted by molar-refractivity contribution is 5.86. The van der Waals surface area contributed by atoms with Crippen molar-refractivity contribution in [3.05, 3.63) is 48.0 Å². The van der Waals surface area contributed by atoms with Crippen LogP contribution in [0.4, 0.5) is 0 Å². The van der Waals surface area contributed by atoms with Crippen molar-refractivity contribution < 1.29 is 0 Å². The number of rotatable bonds is 4. The Morgan fingerprint density at radius 1 is 1.16 bits per heavy atom. The largest absolute Gasteiger partial charge is 0.352 e. The Labute approximate surface area is 151 Å². The first kappa shape index (κ1) is 17.7. The molecule has 4 nitrogen and oxygen atoms in total. The highest BCUT2D eigenvalue weighted by atomic mass is 15.3. The normalized spacial score (nSPS) is 21.9. The van der Waals surface area contributed by atoms with Crippen LogP contribution in [0.1, 0.15) is 26.3 Å². The van der Waals surface area contributed by atoms with Gasteiger partial charge in [0.05, 0.1) is 0 Å². The van der Waals surface area contributed by atoms with Gasteiger partial charge in [0.1, 0.15) is 0 Å². The first-order valence-electron chi connectivity index (χ1n) is 9.26. The summed E-state index contributed by atoms with van der Waals surface area (Å²) in [6.45, 7) is 9.85. The van der Waals surface area contributed by atoms with Crippen molar-refractivity contribution in [2.75, 3.05) is 20.1 Å². The molecule has 2 atom stereocenters. The van der Waals surface area contributed by atoms with E-state index in [1.54, 1.807) is 0 Å². The van der Waals surface area contributed by atoms with Crippen molar-refractivity contribution >= 4 is 16.7 Å². The minimum Gasteiger partial charge on any atom is -0.352 e. The molecule has 2 N–H and O–H groups in total. The lowest BCUT2D eigenvalue weighted by atomic mass is 10.0. The molecule has 2 aromatic carbocycles. The fourth-order valence-electron chi connectivity index (χ4n) is 3.61. The number of fused-ring (bicyclic) bond motifs is 1. The topological polar surface area (TPSA) is 39.7 Å². The van der Waals surface area contributed by atoms with Crippen molar-refractivity contribution in [2.45, 2.75) is 39.4 Å². The molecular weight excluding hydrogens is 308 g/mol. The number of hydrogen-bond donors (Lipinski definition) is 2. The molecule has 25 heavy (non-hydrogen) atoms. The molecule has 0 spiro atoms. The molecule has 1 heterocycles. The Balaban J connectivity index is 1.63. The standard InChI is InChI=1S/C21H30N4/c1-15(2)25-13-16(3)20(14-25)24-21(22-4)23-12-18-10-7-9-17-8-5-6-11-19(17)18/h5-11,15-16,20H,12-14H2,1-4H3,(H2,22,23,24). The Bertz CT molecular complexity index is 732. The molecule has 3 rings (SSSR count). The maximum Gasteiger partial charge on any atom is 0.191 e. The number of guanidine groups is 1. The summed E-state index contributed by atoms with van der Waals surface area (Å²) >= 11 is 0. The Kier molecular flexibility index (Phi) is 5.59. The van der Waals surface area contributed by atoms with E-state index in [9.17, 15) is 0 Å². The third-order valence-corrected chi connectivity index (χ3v) is 5.24. The van der Waals surface area contributed by atoms with Gasteiger partial charge < -0.3 is 10.6 Å². The van der Waals surface area contributed by atoms with E-state index in [0.29, 0.717) is 18.0 Å². The van der Waals surface area contributed by atoms with Gasteiger partial charge in [0.15, 0.2) is 5.96 Å². The predicted molar refractivity (Wildman–Crippen MR) is 107 cm³/mol. The second kappa shape index (κ2) is 7.87. The second-order valence-electron chi connectivity index (χ2n) is 7.34. The van der Waals surface area contributed by atoms with Gasteiger partial charge in [-0.15, -0.1) is 0 Å². The molecule has 0 amide bonds. The molecule has 0 aliphatic carbocycles. The van der Waals surface area contributed by atoms with Gasteiger partial charge in [-0.1, -0.05) is 49.4 Å². The van der Waals surface area contributed by atoms with Crippen LogP contribution in [0.5, 0.6) is 0 Å². The SMILES string of the molecule is CN=C(NCc1cccc2ccccc12)NC1CN(C(C)C)CC1C. The Morgan fingerprint density at radius 2 is 1.92 bits per heavy atom. The second-order valence-corrected chi connectivity index (χ2v) is 7.34. The van der Waals surface area contributed by atoms with Gasteiger partial charge in [-0.3, -0.25) is 9.89 Å². The fraction of sp³-hybridized carbons (Fsp3) is 0.476. The maximum absolute atomic E-state index is 4.43. The van der Waals surface area contributed by atoms with Crippen LogP contribution in [0.25, 0.3) is 10.8 Å². The predicted octanol–water partition coefficient (Wildman–Crippen LogP) is 3.23. The molecule has 1 saturated heterocycles. The van der Waals surface area contributed by atoms with Gasteiger partial charge in [0, 0.05) is 38.8 Å². The van der Waals surface area contributed by atoms with Crippen LogP contribution in [-0.4, -0.2) is 43.1 Å². The van der Waals surface area contributed by atoms with Crippen molar-refractivity contribution in [3.8, 4) is 0 Å². The highest BCUT2D eigenvalue weighted by Crippen LogP contribution is 2.19. The molecule has 1 aliphatic rings. The van der Waals surface area contributed by atoms with Gasteiger partial charge >= 0.3 is 0 Å². The average molecular weight is 338 g/mol. The fourth-order valence-corrected chi connectivity index (χ4v) is 3.61. The van der Waals surface area contributed by atoms with Crippen LogP contribution in [0.15, 0.2) is 47.5 Å². The summed E-state index contributed by atoms with van der Waals surface area (Å²) in [6.07, 6.45) is 0. The Morgan fingerprint density at radius 3 is 2.64 bits per heavy atom. The first-order valence-corrected chi connectivity index (χ1v) is 9.26. The summed E-state index contributed by atoms with van der Waals surface area (Å²) in [5, 5.41) is 9.68. The van der Waals surface area contributed by atoms with E-state index < -0.39 is 0 Å². The molecule has 0 radical (unpaired) electrons. The molecule has 0 bridgehead atoms. The molecule has 0 aromatic heterocycles. The third kappa shape index (κ3) is 4.13. The summed E-state index contributed by atoms with van der Waals surface area (Å²) in [5.41, 5.74) is 1.30. The number of likely N-dealkylation sites (tertiary alicyclic amines) is 1. The maximum atomic E-state index is 4.43. The quantitative estimate of drug-likeness (QED) is 0.664. The summed E-state index contributed by atoms with van der Waals surface area (Å²) in [7, 11) is 1.85. The smallest absolute Gasteiger partial charge is 0.191 e. The Hall–Kier alpha value is -2.07. The van der Waals surface area contributed by atoms with Crippen molar-refractivity contribution in [2.24, 2.45) is 10.9 Å². The van der Waals surface area contributed by atoms with Crippen LogP contribution in [0.2, 0.25) is 0 Å². The molecule has 4 heteroatoms. The average Bonchev–Trinajstić information content (AvgIpc) is 2.99. The molecule has 1 aliphatic heterocycles. The first-order chi connectivity index (χ1) is 12.1. The molecule has 134 valence electrons. The summed E-state index contributed by atoms with van der Waals surface area (Å²) in [4.78, 5) is 6.96. The van der Waals surface area contributed by atoms with Gasteiger partial charge in [0.25, 0.3) is 0 Å². The van der Waals surface area contributed by atoms with E-state index in [0.717, 1.165) is 25.6 Å². The van der Waals surface area contributed by atoms with E-state index >= 15 is 0 Å². The van der Waals surface area contributed by atoms with Gasteiger partial charge in [-0.05, 0) is 36.1 Å². The number of hydrogen-bond acceptors (Lipinski definition) is 2. The van der Waals surface area contributed by atoms with Crippen LogP contribution >= 0.6 is 0 Å². The number of aliphatic imine (C=N–C) groups is 1. The highest BCUT2D eigenvalue weighted by Gasteiger charge is 2.31. The zero-order valence-corrected chi connectivity index (χ0v) is 15.8. The lowest BCUT2D eigenvalue weighted by Crippen LogP contribution is -2.46. The lowest BCUT2D eigenvalue weighted by molar-refractivity contribution is 0.265. The van der Waals surface area contributed by atoms with Crippen LogP contribution in [0, 0.1) is 5.92 Å². The molecule has 2 aromatic rings. The zero-order valence-electron chi connectivity index (χ0n) is 15.8. The summed E-state index contributed by atoms with van der Waals surface area (Å²) < 4.78 is 0. The molecule has 2 unspecified atom stereocenters. The summed E-state index contributed by atoms with van der Waals surface area (Å²) in [5.74, 6) is 1.51.